The van der Waals surface area contributed by atoms with E-state index in [1.54, 1.807) is 49.6 Å². The second-order valence-electron chi connectivity index (χ2n) is 5.09. The fourth-order valence-electron chi connectivity index (χ4n) is 2.28. The van der Waals surface area contributed by atoms with Crippen LogP contribution in [-0.4, -0.2) is 27.3 Å². The molecule has 1 aliphatic heterocycles. The Hall–Kier alpha value is -2.87. The third-order valence-electron chi connectivity index (χ3n) is 3.38. The van der Waals surface area contributed by atoms with Gasteiger partial charge in [-0.15, -0.1) is 4.40 Å². The number of rotatable bonds is 4. The minimum Gasteiger partial charge on any atom is -0.497 e. The van der Waals surface area contributed by atoms with Crippen LogP contribution in [0.3, 0.4) is 0 Å². The third kappa shape index (κ3) is 3.38. The predicted molar refractivity (Wildman–Crippen MR) is 90.9 cm³/mol. The van der Waals surface area contributed by atoms with E-state index in [1.165, 1.54) is 6.07 Å². The number of anilines is 2. The average Bonchev–Trinajstić information content (AvgIpc) is 2.55. The molecule has 0 saturated heterocycles. The van der Waals surface area contributed by atoms with Crippen LogP contribution in [0.4, 0.5) is 11.4 Å². The van der Waals surface area contributed by atoms with Crippen LogP contribution in [0.25, 0.3) is 0 Å². The van der Waals surface area contributed by atoms with Crippen molar-refractivity contribution in [1.29, 1.82) is 0 Å². The normalized spacial score (nSPS) is 14.8. The molecule has 0 saturated carbocycles. The molecule has 8 heteroatoms. The smallest absolute Gasteiger partial charge is 0.286 e. The second-order valence-corrected chi connectivity index (χ2v) is 6.66. The Morgan fingerprint density at radius 3 is 2.58 bits per heavy atom. The number of amidine groups is 1. The van der Waals surface area contributed by atoms with Crippen molar-refractivity contribution in [2.75, 3.05) is 17.7 Å². The first kappa shape index (κ1) is 16.0. The number of benzene rings is 2. The predicted octanol–water partition coefficient (Wildman–Crippen LogP) is 2.24. The molecule has 3 rings (SSSR count). The molecule has 0 aromatic heterocycles. The minimum absolute atomic E-state index is 0.0831. The molecule has 0 atom stereocenters. The summed E-state index contributed by atoms with van der Waals surface area (Å²) >= 11 is 0. The molecule has 7 nitrogen and oxygen atoms in total. The van der Waals surface area contributed by atoms with E-state index in [2.05, 4.69) is 15.0 Å². The number of carbonyl (C=O) groups is 1. The largest absolute Gasteiger partial charge is 0.497 e. The van der Waals surface area contributed by atoms with Crippen molar-refractivity contribution < 1.29 is 17.9 Å². The quantitative estimate of drug-likeness (QED) is 0.886. The Morgan fingerprint density at radius 1 is 1.17 bits per heavy atom. The van der Waals surface area contributed by atoms with Crippen molar-refractivity contribution in [1.82, 2.24) is 0 Å². The van der Waals surface area contributed by atoms with E-state index in [4.69, 9.17) is 4.74 Å². The lowest BCUT2D eigenvalue weighted by Crippen LogP contribution is -2.26. The SMILES string of the molecule is COc1ccc(NC(=O)CC2=NS(=O)(=O)c3ccccc3N2)cc1. The number of para-hydroxylation sites is 1. The summed E-state index contributed by atoms with van der Waals surface area (Å²) in [4.78, 5) is 12.2. The molecular weight excluding hydrogens is 330 g/mol. The Morgan fingerprint density at radius 2 is 1.88 bits per heavy atom. The maximum atomic E-state index is 12.1. The summed E-state index contributed by atoms with van der Waals surface area (Å²) in [6.07, 6.45) is -0.181. The molecule has 0 bridgehead atoms. The number of hydrogen-bond donors (Lipinski definition) is 2. The second kappa shape index (κ2) is 6.32. The molecule has 0 unspecified atom stereocenters. The molecule has 1 amide bonds. The van der Waals surface area contributed by atoms with Crippen LogP contribution in [0.2, 0.25) is 0 Å². The van der Waals surface area contributed by atoms with E-state index >= 15 is 0 Å². The standard InChI is InChI=1S/C16H15N3O4S/c1-23-12-8-6-11(7-9-12)17-16(20)10-15-18-13-4-2-3-5-14(13)24(21,22)19-15/h2-9H,10H2,1H3,(H,17,20)(H,18,19). The van der Waals surface area contributed by atoms with Gasteiger partial charge in [-0.3, -0.25) is 4.79 Å². The highest BCUT2D eigenvalue weighted by Crippen LogP contribution is 2.27. The van der Waals surface area contributed by atoms with Gasteiger partial charge in [-0.1, -0.05) is 12.1 Å². The number of sulfonamides is 1. The monoisotopic (exact) mass is 345 g/mol. The third-order valence-corrected chi connectivity index (χ3v) is 4.75. The summed E-state index contributed by atoms with van der Waals surface area (Å²) in [6, 6.07) is 13.2. The van der Waals surface area contributed by atoms with Crippen LogP contribution in [0.1, 0.15) is 6.42 Å². The fourth-order valence-corrected chi connectivity index (χ4v) is 3.42. The van der Waals surface area contributed by atoms with E-state index in [0.717, 1.165) is 0 Å². The zero-order chi connectivity index (χ0) is 17.2. The minimum atomic E-state index is -3.79. The maximum absolute atomic E-state index is 12.1. The van der Waals surface area contributed by atoms with E-state index in [1.807, 2.05) is 0 Å². The molecule has 1 aliphatic rings. The van der Waals surface area contributed by atoms with Crippen molar-refractivity contribution in [3.8, 4) is 5.75 Å². The fraction of sp³-hybridized carbons (Fsp3) is 0.125. The van der Waals surface area contributed by atoms with Crippen molar-refractivity contribution in [2.45, 2.75) is 11.3 Å². The van der Waals surface area contributed by atoms with Crippen LogP contribution >= 0.6 is 0 Å². The molecule has 0 aliphatic carbocycles. The highest BCUT2D eigenvalue weighted by Gasteiger charge is 2.25. The number of nitrogens with one attached hydrogen (secondary N) is 2. The lowest BCUT2D eigenvalue weighted by molar-refractivity contribution is -0.115. The van der Waals surface area contributed by atoms with Crippen LogP contribution in [0, 0.1) is 0 Å². The van der Waals surface area contributed by atoms with Gasteiger partial charge in [0.25, 0.3) is 10.0 Å². The van der Waals surface area contributed by atoms with Crippen molar-refractivity contribution >= 4 is 33.1 Å². The number of amides is 1. The molecule has 2 aromatic carbocycles. The number of ether oxygens (including phenoxy) is 1. The Balaban J connectivity index is 1.72. The lowest BCUT2D eigenvalue weighted by Gasteiger charge is -2.17. The summed E-state index contributed by atoms with van der Waals surface area (Å²) in [5.41, 5.74) is 1.00. The summed E-state index contributed by atoms with van der Waals surface area (Å²) in [7, 11) is -2.24. The molecule has 0 spiro atoms. The van der Waals surface area contributed by atoms with Gasteiger partial charge in [0.05, 0.1) is 19.2 Å². The number of hydrogen-bond acceptors (Lipinski definition) is 5. The lowest BCUT2D eigenvalue weighted by atomic mass is 10.2. The van der Waals surface area contributed by atoms with Crippen LogP contribution in [0.15, 0.2) is 57.8 Å². The summed E-state index contributed by atoms with van der Waals surface area (Å²) < 4.78 is 32.9. The van der Waals surface area contributed by atoms with Gasteiger partial charge in [0, 0.05) is 5.69 Å². The highest BCUT2D eigenvalue weighted by atomic mass is 32.2. The molecule has 2 N–H and O–H groups in total. The van der Waals surface area contributed by atoms with Crippen LogP contribution in [0.5, 0.6) is 5.75 Å². The molecule has 2 aromatic rings. The number of nitrogens with zero attached hydrogens (tertiary/aromatic N) is 1. The van der Waals surface area contributed by atoms with Gasteiger partial charge < -0.3 is 15.4 Å². The van der Waals surface area contributed by atoms with Gasteiger partial charge in [-0.05, 0) is 36.4 Å². The van der Waals surface area contributed by atoms with Crippen LogP contribution in [-0.2, 0) is 14.8 Å². The number of methoxy groups -OCH3 is 1. The molecular formula is C16H15N3O4S. The van der Waals surface area contributed by atoms with Crippen molar-refractivity contribution in [3.63, 3.8) is 0 Å². The number of fused-ring (bicyclic) bond motifs is 1. The first-order valence-corrected chi connectivity index (χ1v) is 8.56. The topological polar surface area (TPSA) is 96.9 Å². The first-order valence-electron chi connectivity index (χ1n) is 7.12. The summed E-state index contributed by atoms with van der Waals surface area (Å²) in [5.74, 6) is 0.384. The maximum Gasteiger partial charge on any atom is 0.286 e. The Labute approximate surface area is 139 Å². The van der Waals surface area contributed by atoms with Gasteiger partial charge in [-0.25, -0.2) is 0 Å². The highest BCUT2D eigenvalue weighted by molar-refractivity contribution is 7.90. The molecule has 0 radical (unpaired) electrons. The van der Waals surface area contributed by atoms with Crippen molar-refractivity contribution in [3.05, 3.63) is 48.5 Å². The zero-order valence-electron chi connectivity index (χ0n) is 12.8. The average molecular weight is 345 g/mol. The number of carbonyl (C=O) groups excluding carboxylic acids is 1. The van der Waals surface area contributed by atoms with Crippen LogP contribution < -0.4 is 15.4 Å². The molecule has 24 heavy (non-hydrogen) atoms. The van der Waals surface area contributed by atoms with E-state index in [-0.39, 0.29) is 23.1 Å². The van der Waals surface area contributed by atoms with E-state index in [0.29, 0.717) is 17.1 Å². The molecule has 124 valence electrons. The van der Waals surface area contributed by atoms with Gasteiger partial charge in [-0.2, -0.15) is 8.42 Å². The van der Waals surface area contributed by atoms with Gasteiger partial charge >= 0.3 is 0 Å². The zero-order valence-corrected chi connectivity index (χ0v) is 13.6. The summed E-state index contributed by atoms with van der Waals surface area (Å²) in [5, 5.41) is 5.56. The Bertz CT molecular complexity index is 905. The first-order chi connectivity index (χ1) is 11.5. The van der Waals surface area contributed by atoms with E-state index in [9.17, 15) is 13.2 Å². The molecule has 0 fully saturated rings. The van der Waals surface area contributed by atoms with Gasteiger partial charge in [0.15, 0.2) is 0 Å². The molecule has 1 heterocycles. The van der Waals surface area contributed by atoms with Gasteiger partial charge in [0.1, 0.15) is 16.5 Å². The van der Waals surface area contributed by atoms with Gasteiger partial charge in [0.2, 0.25) is 5.91 Å². The van der Waals surface area contributed by atoms with Crippen molar-refractivity contribution in [2.24, 2.45) is 4.40 Å². The summed E-state index contributed by atoms with van der Waals surface area (Å²) in [6.45, 7) is 0. The Kier molecular flexibility index (Phi) is 4.22. The van der Waals surface area contributed by atoms with E-state index < -0.39 is 10.0 Å².